The lowest BCUT2D eigenvalue weighted by Crippen LogP contribution is -2.38. The molecule has 2 rings (SSSR count). The molecular weight excluding hydrogens is 350 g/mol. The van der Waals surface area contributed by atoms with Crippen molar-refractivity contribution >= 4 is 27.8 Å². The summed E-state index contributed by atoms with van der Waals surface area (Å²) in [7, 11) is -3.58. The van der Waals surface area contributed by atoms with E-state index in [2.05, 4.69) is 24.4 Å². The number of carbonyl (C=O) groups is 1. The largest absolute Gasteiger partial charge is 0.271 e. The molecule has 0 saturated heterocycles. The van der Waals surface area contributed by atoms with Crippen LogP contribution in [0.25, 0.3) is 0 Å². The summed E-state index contributed by atoms with van der Waals surface area (Å²) < 4.78 is 25.0. The Morgan fingerprint density at radius 3 is 2.27 bits per heavy atom. The number of hydrazone groups is 1. The number of nitrogens with one attached hydrogen (secondary N) is 1. The monoisotopic (exact) mass is 373 g/mol. The van der Waals surface area contributed by atoms with Crippen molar-refractivity contribution in [3.8, 4) is 0 Å². The number of carbonyl (C=O) groups excluding carboxylic acids is 1. The van der Waals surface area contributed by atoms with Crippen LogP contribution in [0.3, 0.4) is 0 Å². The smallest absolute Gasteiger partial charge is 0.260 e. The highest BCUT2D eigenvalue weighted by Gasteiger charge is 2.20. The second-order valence-electron chi connectivity index (χ2n) is 6.22. The summed E-state index contributed by atoms with van der Waals surface area (Å²) in [5.74, 6) is -0.0741. The molecule has 138 valence electrons. The topological polar surface area (TPSA) is 78.8 Å². The molecule has 0 atom stereocenters. The molecule has 26 heavy (non-hydrogen) atoms. The third-order valence-corrected chi connectivity index (χ3v) is 4.88. The zero-order valence-corrected chi connectivity index (χ0v) is 15.9. The maximum Gasteiger partial charge on any atom is 0.260 e. The molecule has 7 heteroatoms. The molecule has 0 heterocycles. The molecule has 0 aliphatic carbocycles. The van der Waals surface area contributed by atoms with Crippen LogP contribution in [0, 0.1) is 0 Å². The lowest BCUT2D eigenvalue weighted by Gasteiger charge is -2.21. The summed E-state index contributed by atoms with van der Waals surface area (Å²) in [6.07, 6.45) is 2.59. The summed E-state index contributed by atoms with van der Waals surface area (Å²) in [5, 5.41) is 3.90. The number of para-hydroxylation sites is 1. The number of sulfonamides is 1. The quantitative estimate of drug-likeness (QED) is 0.599. The second-order valence-corrected chi connectivity index (χ2v) is 8.13. The van der Waals surface area contributed by atoms with E-state index in [0.29, 0.717) is 11.6 Å². The zero-order valence-electron chi connectivity index (χ0n) is 15.1. The van der Waals surface area contributed by atoms with E-state index in [1.54, 1.807) is 30.3 Å². The Balaban J connectivity index is 2.00. The number of hydrogen-bond donors (Lipinski definition) is 1. The third kappa shape index (κ3) is 5.70. The van der Waals surface area contributed by atoms with Crippen LogP contribution in [0.2, 0.25) is 0 Å². The Kier molecular flexibility index (Phi) is 6.52. The molecule has 0 aliphatic heterocycles. The molecule has 0 fully saturated rings. The predicted molar refractivity (Wildman–Crippen MR) is 105 cm³/mol. The molecule has 0 aliphatic rings. The highest BCUT2D eigenvalue weighted by molar-refractivity contribution is 7.92. The number of nitrogens with zero attached hydrogens (tertiary/aromatic N) is 2. The molecule has 0 unspecified atom stereocenters. The maximum absolute atomic E-state index is 12.1. The van der Waals surface area contributed by atoms with E-state index >= 15 is 0 Å². The van der Waals surface area contributed by atoms with Crippen molar-refractivity contribution in [2.45, 2.75) is 19.8 Å². The molecule has 2 aromatic carbocycles. The van der Waals surface area contributed by atoms with Crippen LogP contribution in [-0.4, -0.2) is 33.3 Å². The molecule has 0 saturated carbocycles. The van der Waals surface area contributed by atoms with E-state index in [1.807, 2.05) is 24.3 Å². The fraction of sp³-hybridized carbons (Fsp3) is 0.263. The standard InChI is InChI=1S/C19H23N3O3S/c1-15(2)17-11-9-16(10-12-17)13-20-21-19(23)14-22(26(3,24)25)18-7-5-4-6-8-18/h4-13,15H,14H2,1-3H3,(H,21,23)/b20-13-. The molecular formula is C19H23N3O3S. The Hall–Kier alpha value is -2.67. The van der Waals surface area contributed by atoms with Crippen LogP contribution in [0.15, 0.2) is 59.7 Å². The van der Waals surface area contributed by atoms with Gasteiger partial charge in [0, 0.05) is 0 Å². The fourth-order valence-corrected chi connectivity index (χ4v) is 3.16. The van der Waals surface area contributed by atoms with E-state index in [1.165, 1.54) is 11.8 Å². The van der Waals surface area contributed by atoms with Gasteiger partial charge in [-0.05, 0) is 29.2 Å². The van der Waals surface area contributed by atoms with Gasteiger partial charge in [0.05, 0.1) is 18.2 Å². The van der Waals surface area contributed by atoms with Crippen molar-refractivity contribution < 1.29 is 13.2 Å². The van der Waals surface area contributed by atoms with Crippen molar-refractivity contribution in [3.05, 3.63) is 65.7 Å². The molecule has 1 N–H and O–H groups in total. The number of benzene rings is 2. The van der Waals surface area contributed by atoms with Crippen molar-refractivity contribution in [1.29, 1.82) is 0 Å². The summed E-state index contributed by atoms with van der Waals surface area (Å²) in [5.41, 5.74) is 4.86. The minimum absolute atomic E-state index is 0.341. The van der Waals surface area contributed by atoms with E-state index in [9.17, 15) is 13.2 Å². The van der Waals surface area contributed by atoms with Gasteiger partial charge < -0.3 is 0 Å². The van der Waals surface area contributed by atoms with Gasteiger partial charge in [0.1, 0.15) is 6.54 Å². The normalized spacial score (nSPS) is 11.7. The number of amides is 1. The lowest BCUT2D eigenvalue weighted by atomic mass is 10.0. The average molecular weight is 373 g/mol. The number of rotatable bonds is 7. The summed E-state index contributed by atoms with van der Waals surface area (Å²) in [6.45, 7) is 3.89. The molecule has 6 nitrogen and oxygen atoms in total. The Morgan fingerprint density at radius 2 is 1.73 bits per heavy atom. The average Bonchev–Trinajstić information content (AvgIpc) is 2.60. The van der Waals surface area contributed by atoms with Crippen LogP contribution < -0.4 is 9.73 Å². The Morgan fingerprint density at radius 1 is 1.12 bits per heavy atom. The van der Waals surface area contributed by atoms with Crippen LogP contribution in [0.4, 0.5) is 5.69 Å². The minimum Gasteiger partial charge on any atom is -0.271 e. The first kappa shape index (κ1) is 19.7. The second kappa shape index (κ2) is 8.62. The lowest BCUT2D eigenvalue weighted by molar-refractivity contribution is -0.119. The van der Waals surface area contributed by atoms with Gasteiger partial charge in [0.25, 0.3) is 5.91 Å². The Bertz CT molecular complexity index is 861. The van der Waals surface area contributed by atoms with Gasteiger partial charge >= 0.3 is 0 Å². The van der Waals surface area contributed by atoms with Gasteiger partial charge in [-0.1, -0.05) is 56.3 Å². The van der Waals surface area contributed by atoms with Crippen molar-refractivity contribution in [2.24, 2.45) is 5.10 Å². The molecule has 0 spiro atoms. The van der Waals surface area contributed by atoms with Crippen LogP contribution >= 0.6 is 0 Å². The van der Waals surface area contributed by atoms with Gasteiger partial charge in [-0.15, -0.1) is 0 Å². The highest BCUT2D eigenvalue weighted by Crippen LogP contribution is 2.16. The summed E-state index contributed by atoms with van der Waals surface area (Å²) in [6, 6.07) is 16.3. The third-order valence-electron chi connectivity index (χ3n) is 3.74. The SMILES string of the molecule is CC(C)c1ccc(/C=N\NC(=O)CN(c2ccccc2)S(C)(=O)=O)cc1. The van der Waals surface area contributed by atoms with E-state index < -0.39 is 15.9 Å². The van der Waals surface area contributed by atoms with E-state index in [4.69, 9.17) is 0 Å². The van der Waals surface area contributed by atoms with Gasteiger partial charge in [-0.25, -0.2) is 13.8 Å². The van der Waals surface area contributed by atoms with E-state index in [-0.39, 0.29) is 6.54 Å². The van der Waals surface area contributed by atoms with E-state index in [0.717, 1.165) is 16.1 Å². The number of hydrogen-bond acceptors (Lipinski definition) is 4. The molecule has 0 aromatic heterocycles. The summed E-state index contributed by atoms with van der Waals surface area (Å²) >= 11 is 0. The van der Waals surface area contributed by atoms with Gasteiger partial charge in [-0.3, -0.25) is 9.10 Å². The molecule has 0 bridgehead atoms. The van der Waals surface area contributed by atoms with Crippen LogP contribution in [0.5, 0.6) is 0 Å². The summed E-state index contributed by atoms with van der Waals surface area (Å²) in [4.78, 5) is 12.1. The van der Waals surface area contributed by atoms with Crippen molar-refractivity contribution in [3.63, 3.8) is 0 Å². The van der Waals surface area contributed by atoms with Crippen molar-refractivity contribution in [2.75, 3.05) is 17.1 Å². The zero-order chi connectivity index (χ0) is 19.2. The van der Waals surface area contributed by atoms with Crippen LogP contribution in [0.1, 0.15) is 30.9 Å². The van der Waals surface area contributed by atoms with Gasteiger partial charge in [0.2, 0.25) is 10.0 Å². The molecule has 2 aromatic rings. The van der Waals surface area contributed by atoms with Crippen molar-refractivity contribution in [1.82, 2.24) is 5.43 Å². The minimum atomic E-state index is -3.58. The predicted octanol–water partition coefficient (Wildman–Crippen LogP) is 2.73. The number of anilines is 1. The first-order valence-electron chi connectivity index (χ1n) is 8.22. The fourth-order valence-electron chi connectivity index (χ4n) is 2.31. The molecule has 1 amide bonds. The maximum atomic E-state index is 12.1. The highest BCUT2D eigenvalue weighted by atomic mass is 32.2. The van der Waals surface area contributed by atoms with Crippen LogP contribution in [-0.2, 0) is 14.8 Å². The Labute approximate surface area is 154 Å². The van der Waals surface area contributed by atoms with Gasteiger partial charge in [-0.2, -0.15) is 5.10 Å². The molecule has 0 radical (unpaired) electrons. The van der Waals surface area contributed by atoms with Gasteiger partial charge in [0.15, 0.2) is 0 Å². The first-order valence-corrected chi connectivity index (χ1v) is 10.1. The first-order chi connectivity index (χ1) is 12.3.